The molecule has 2 aromatic rings. The maximum Gasteiger partial charge on any atom is 0.241 e. The third-order valence-electron chi connectivity index (χ3n) is 3.72. The van der Waals surface area contributed by atoms with Crippen LogP contribution in [0.3, 0.4) is 0 Å². The lowest BCUT2D eigenvalue weighted by Crippen LogP contribution is -2.36. The maximum atomic E-state index is 12.6. The van der Waals surface area contributed by atoms with Crippen LogP contribution in [-0.2, 0) is 14.8 Å². The van der Waals surface area contributed by atoms with Gasteiger partial charge in [0, 0.05) is 5.57 Å². The zero-order chi connectivity index (χ0) is 18.4. The number of Topliss-reactive ketones (excluding diaryl/α,β-unsaturated/α-hetero) is 1. The number of carbonyl (C=O) groups excluding carboxylic acids is 1. The van der Waals surface area contributed by atoms with Gasteiger partial charge in [-0.05, 0) is 31.5 Å². The van der Waals surface area contributed by atoms with Crippen LogP contribution in [-0.4, -0.2) is 20.2 Å². The molecule has 0 unspecified atom stereocenters. The van der Waals surface area contributed by atoms with Crippen molar-refractivity contribution in [2.24, 2.45) is 0 Å². The van der Waals surface area contributed by atoms with E-state index in [4.69, 9.17) is 0 Å². The minimum atomic E-state index is -3.77. The summed E-state index contributed by atoms with van der Waals surface area (Å²) in [4.78, 5) is 11.8. The van der Waals surface area contributed by atoms with Gasteiger partial charge in [0.1, 0.15) is 0 Å². The van der Waals surface area contributed by atoms with Crippen molar-refractivity contribution in [3.63, 3.8) is 0 Å². The van der Waals surface area contributed by atoms with E-state index in [0.717, 1.165) is 11.1 Å². The van der Waals surface area contributed by atoms with E-state index < -0.39 is 16.1 Å². The second-order valence-electron chi connectivity index (χ2n) is 5.76. The Bertz CT molecular complexity index is 882. The molecule has 1 atom stereocenters. The highest BCUT2D eigenvalue weighted by Crippen LogP contribution is 2.14. The predicted octanol–water partition coefficient (Wildman–Crippen LogP) is 3.50. The van der Waals surface area contributed by atoms with Crippen molar-refractivity contribution in [1.82, 2.24) is 4.72 Å². The molecule has 0 spiro atoms. The summed E-state index contributed by atoms with van der Waals surface area (Å²) in [5, 5.41) is 0. The molecule has 2 aromatic carbocycles. The van der Waals surface area contributed by atoms with Gasteiger partial charge in [0.25, 0.3) is 0 Å². The minimum Gasteiger partial charge on any atom is -0.295 e. The first kappa shape index (κ1) is 18.8. The largest absolute Gasteiger partial charge is 0.295 e. The van der Waals surface area contributed by atoms with E-state index in [1.807, 2.05) is 37.3 Å². The number of rotatable bonds is 7. The summed E-state index contributed by atoms with van der Waals surface area (Å²) < 4.78 is 27.7. The Kier molecular flexibility index (Phi) is 6.07. The quantitative estimate of drug-likeness (QED) is 0.773. The molecule has 0 aliphatic heterocycles. The summed E-state index contributed by atoms with van der Waals surface area (Å²) in [7, 11) is -3.77. The van der Waals surface area contributed by atoms with Gasteiger partial charge in [0.15, 0.2) is 5.78 Å². The van der Waals surface area contributed by atoms with E-state index in [1.165, 1.54) is 19.1 Å². The molecule has 0 radical (unpaired) electrons. The molecule has 0 heterocycles. The molecular weight excluding hydrogens is 334 g/mol. The van der Waals surface area contributed by atoms with Crippen LogP contribution >= 0.6 is 0 Å². The molecule has 0 aliphatic rings. The van der Waals surface area contributed by atoms with Gasteiger partial charge in [-0.3, -0.25) is 4.79 Å². The van der Waals surface area contributed by atoms with Crippen LogP contribution in [0.1, 0.15) is 18.1 Å². The molecule has 0 saturated heterocycles. The monoisotopic (exact) mass is 355 g/mol. The fraction of sp³-hybridized carbons (Fsp3) is 0.150. The lowest BCUT2D eigenvalue weighted by atomic mass is 10.0. The first-order chi connectivity index (χ1) is 11.8. The summed E-state index contributed by atoms with van der Waals surface area (Å²) in [6, 6.07) is 15.1. The number of nitrogens with one attached hydrogen (secondary N) is 1. The molecule has 0 bridgehead atoms. The molecular formula is C20H21NO3S. The van der Waals surface area contributed by atoms with Gasteiger partial charge < -0.3 is 0 Å². The van der Waals surface area contributed by atoms with E-state index in [1.54, 1.807) is 24.3 Å². The second kappa shape index (κ2) is 8.05. The highest BCUT2D eigenvalue weighted by atomic mass is 32.2. The molecule has 1 N–H and O–H groups in total. The summed E-state index contributed by atoms with van der Waals surface area (Å²) in [5.74, 6) is -0.269. The molecule has 130 valence electrons. The maximum absolute atomic E-state index is 12.6. The lowest BCUT2D eigenvalue weighted by molar-refractivity contribution is -0.113. The van der Waals surface area contributed by atoms with E-state index in [2.05, 4.69) is 11.3 Å². The fourth-order valence-corrected chi connectivity index (χ4v) is 3.36. The Morgan fingerprint density at radius 3 is 2.24 bits per heavy atom. The molecule has 0 saturated carbocycles. The number of carbonyl (C=O) groups is 1. The normalized spacial score (nSPS) is 12.9. The third-order valence-corrected chi connectivity index (χ3v) is 5.18. The summed E-state index contributed by atoms with van der Waals surface area (Å²) in [5.41, 5.74) is 2.05. The number of ketones is 1. The second-order valence-corrected chi connectivity index (χ2v) is 7.48. The van der Waals surface area contributed by atoms with Gasteiger partial charge in [-0.25, -0.2) is 8.42 Å². The number of benzene rings is 2. The Balaban J connectivity index is 2.29. The van der Waals surface area contributed by atoms with E-state index in [9.17, 15) is 13.2 Å². The molecule has 0 fully saturated rings. The van der Waals surface area contributed by atoms with Gasteiger partial charge in [0.2, 0.25) is 10.0 Å². The smallest absolute Gasteiger partial charge is 0.241 e. The number of sulfonamides is 1. The van der Waals surface area contributed by atoms with Crippen molar-refractivity contribution < 1.29 is 13.2 Å². The highest BCUT2D eigenvalue weighted by Gasteiger charge is 2.22. The van der Waals surface area contributed by atoms with E-state index in [0.29, 0.717) is 0 Å². The first-order valence-corrected chi connectivity index (χ1v) is 9.30. The van der Waals surface area contributed by atoms with Gasteiger partial charge >= 0.3 is 0 Å². The van der Waals surface area contributed by atoms with Gasteiger partial charge in [0.05, 0.1) is 10.9 Å². The Labute approximate surface area is 149 Å². The van der Waals surface area contributed by atoms with Crippen LogP contribution in [0, 0.1) is 6.92 Å². The van der Waals surface area contributed by atoms with Crippen LogP contribution < -0.4 is 4.72 Å². The molecule has 5 heteroatoms. The van der Waals surface area contributed by atoms with E-state index in [-0.39, 0.29) is 16.3 Å². The molecule has 0 aromatic heterocycles. The van der Waals surface area contributed by atoms with Crippen LogP contribution in [0.4, 0.5) is 0 Å². The molecule has 25 heavy (non-hydrogen) atoms. The zero-order valence-electron chi connectivity index (χ0n) is 14.3. The average molecular weight is 355 g/mol. The Morgan fingerprint density at radius 1 is 1.08 bits per heavy atom. The predicted molar refractivity (Wildman–Crippen MR) is 101 cm³/mol. The van der Waals surface area contributed by atoms with Crippen molar-refractivity contribution in [3.8, 4) is 0 Å². The number of hydrogen-bond donors (Lipinski definition) is 1. The van der Waals surface area contributed by atoms with Crippen LogP contribution in [0.2, 0.25) is 0 Å². The summed E-state index contributed by atoms with van der Waals surface area (Å²) in [6.45, 7) is 6.98. The van der Waals surface area contributed by atoms with E-state index >= 15 is 0 Å². The SMILES string of the molecule is C=C(C(C)=O)[C@@H](/C=C/c1ccccc1)NS(=O)(=O)c1ccc(C)cc1. The number of aryl methyl sites for hydroxylation is 1. The van der Waals surface area contributed by atoms with Crippen LogP contribution in [0.25, 0.3) is 6.08 Å². The molecule has 0 amide bonds. The van der Waals surface area contributed by atoms with Gasteiger partial charge in [-0.2, -0.15) is 4.72 Å². The van der Waals surface area contributed by atoms with Gasteiger partial charge in [-0.1, -0.05) is 66.8 Å². The number of hydrogen-bond acceptors (Lipinski definition) is 3. The Morgan fingerprint density at radius 2 is 1.68 bits per heavy atom. The molecule has 0 aliphatic carbocycles. The highest BCUT2D eigenvalue weighted by molar-refractivity contribution is 7.89. The van der Waals surface area contributed by atoms with Gasteiger partial charge in [-0.15, -0.1) is 0 Å². The summed E-state index contributed by atoms with van der Waals surface area (Å²) in [6.07, 6.45) is 3.39. The van der Waals surface area contributed by atoms with Crippen molar-refractivity contribution >= 4 is 21.9 Å². The first-order valence-electron chi connectivity index (χ1n) is 7.81. The van der Waals surface area contributed by atoms with Crippen molar-refractivity contribution in [1.29, 1.82) is 0 Å². The summed E-state index contributed by atoms with van der Waals surface area (Å²) >= 11 is 0. The average Bonchev–Trinajstić information content (AvgIpc) is 2.59. The van der Waals surface area contributed by atoms with Crippen LogP contribution in [0.5, 0.6) is 0 Å². The standard InChI is InChI=1S/C20H21NO3S/c1-15-9-12-19(13-10-15)25(23,24)21-20(16(2)17(3)22)14-11-18-7-5-4-6-8-18/h4-14,20-21H,2H2,1,3H3/b14-11+/t20-/m1/s1. The lowest BCUT2D eigenvalue weighted by Gasteiger charge is -2.16. The molecule has 2 rings (SSSR count). The van der Waals surface area contributed by atoms with Crippen LogP contribution in [0.15, 0.2) is 77.7 Å². The van der Waals surface area contributed by atoms with Crippen molar-refractivity contribution in [2.45, 2.75) is 24.8 Å². The topological polar surface area (TPSA) is 63.2 Å². The fourth-order valence-electron chi connectivity index (χ4n) is 2.17. The third kappa shape index (κ3) is 5.24. The molecule has 4 nitrogen and oxygen atoms in total. The minimum absolute atomic E-state index is 0.146. The zero-order valence-corrected chi connectivity index (χ0v) is 15.1. The Hall–Kier alpha value is -2.50. The van der Waals surface area contributed by atoms with Crippen molar-refractivity contribution in [3.05, 3.63) is 84.0 Å². The van der Waals surface area contributed by atoms with Crippen molar-refractivity contribution in [2.75, 3.05) is 0 Å².